The van der Waals surface area contributed by atoms with Crippen LogP contribution in [0.5, 0.6) is 5.88 Å². The lowest BCUT2D eigenvalue weighted by Crippen LogP contribution is -2.41. The van der Waals surface area contributed by atoms with Crippen LogP contribution in [0.2, 0.25) is 0 Å². The second kappa shape index (κ2) is 8.24. The highest BCUT2D eigenvalue weighted by Crippen LogP contribution is 2.24. The van der Waals surface area contributed by atoms with Crippen LogP contribution in [-0.4, -0.2) is 55.0 Å². The maximum Gasteiger partial charge on any atom is 0.337 e. The lowest BCUT2D eigenvalue weighted by Gasteiger charge is -2.31. The van der Waals surface area contributed by atoms with E-state index in [-0.39, 0.29) is 11.0 Å². The molecular weight excluding hydrogens is 382 g/mol. The van der Waals surface area contributed by atoms with Crippen LogP contribution >= 0.6 is 0 Å². The first-order valence-corrected chi connectivity index (χ1v) is 10.4. The number of benzene rings is 1. The third-order valence-electron chi connectivity index (χ3n) is 4.54. The van der Waals surface area contributed by atoms with E-state index in [2.05, 4.69) is 14.7 Å². The number of hydrogen-bond donors (Lipinski definition) is 0. The lowest BCUT2D eigenvalue weighted by atomic mass is 10.1. The molecule has 3 rings (SSSR count). The largest absolute Gasteiger partial charge is 0.474 e. The molecule has 0 amide bonds. The Labute approximate surface area is 164 Å². The standard InChI is InChI=1S/C19H23N3O5S/c1-13-12-18(21-14(2)20-13)27-16-8-10-22(11-9-16)28(24,25)17-6-4-15(5-7-17)19(23)26-3/h4-7,12,16H,8-11H2,1-3H3. The van der Waals surface area contributed by atoms with Gasteiger partial charge in [-0.2, -0.15) is 9.29 Å². The highest BCUT2D eigenvalue weighted by Gasteiger charge is 2.30. The van der Waals surface area contributed by atoms with Crippen LogP contribution in [0.25, 0.3) is 0 Å². The molecule has 0 N–H and O–H groups in total. The maximum absolute atomic E-state index is 12.8. The molecule has 0 radical (unpaired) electrons. The molecule has 1 aromatic carbocycles. The van der Waals surface area contributed by atoms with Gasteiger partial charge in [0.05, 0.1) is 17.6 Å². The van der Waals surface area contributed by atoms with Gasteiger partial charge in [-0.05, 0) is 51.0 Å². The first-order valence-electron chi connectivity index (χ1n) is 8.97. The van der Waals surface area contributed by atoms with Gasteiger partial charge in [-0.3, -0.25) is 0 Å². The van der Waals surface area contributed by atoms with Crippen molar-refractivity contribution in [2.45, 2.75) is 37.7 Å². The number of esters is 1. The van der Waals surface area contributed by atoms with Gasteiger partial charge < -0.3 is 9.47 Å². The maximum atomic E-state index is 12.8. The molecule has 0 aliphatic carbocycles. The minimum atomic E-state index is -3.62. The van der Waals surface area contributed by atoms with Crippen molar-refractivity contribution in [2.24, 2.45) is 0 Å². The fourth-order valence-electron chi connectivity index (χ4n) is 3.13. The van der Waals surface area contributed by atoms with Crippen molar-refractivity contribution in [3.8, 4) is 5.88 Å². The molecule has 150 valence electrons. The predicted molar refractivity (Wildman–Crippen MR) is 102 cm³/mol. The van der Waals surface area contributed by atoms with Crippen molar-refractivity contribution in [1.29, 1.82) is 0 Å². The van der Waals surface area contributed by atoms with Crippen LogP contribution in [0.4, 0.5) is 0 Å². The number of carbonyl (C=O) groups excluding carboxylic acids is 1. The van der Waals surface area contributed by atoms with Crippen LogP contribution < -0.4 is 4.74 Å². The minimum absolute atomic E-state index is 0.0955. The average Bonchev–Trinajstić information content (AvgIpc) is 2.67. The molecule has 0 saturated carbocycles. The third kappa shape index (κ3) is 4.48. The van der Waals surface area contributed by atoms with Gasteiger partial charge in [0.2, 0.25) is 15.9 Å². The number of sulfonamides is 1. The summed E-state index contributed by atoms with van der Waals surface area (Å²) in [7, 11) is -2.34. The van der Waals surface area contributed by atoms with Crippen molar-refractivity contribution >= 4 is 16.0 Å². The molecule has 1 aliphatic rings. The Morgan fingerprint density at radius 2 is 1.75 bits per heavy atom. The smallest absolute Gasteiger partial charge is 0.337 e. The summed E-state index contributed by atoms with van der Waals surface area (Å²) in [5.74, 6) is 0.659. The van der Waals surface area contributed by atoms with Crippen molar-refractivity contribution in [2.75, 3.05) is 20.2 Å². The Hall–Kier alpha value is -2.52. The van der Waals surface area contributed by atoms with E-state index in [0.717, 1.165) is 5.69 Å². The summed E-state index contributed by atoms with van der Waals surface area (Å²) >= 11 is 0. The lowest BCUT2D eigenvalue weighted by molar-refractivity contribution is 0.0600. The van der Waals surface area contributed by atoms with Crippen molar-refractivity contribution in [3.63, 3.8) is 0 Å². The Kier molecular flexibility index (Phi) is 5.95. The molecule has 28 heavy (non-hydrogen) atoms. The van der Waals surface area contributed by atoms with E-state index in [9.17, 15) is 13.2 Å². The first-order chi connectivity index (χ1) is 13.3. The molecule has 1 aromatic heterocycles. The van der Waals surface area contributed by atoms with Crippen LogP contribution in [0.3, 0.4) is 0 Å². The van der Waals surface area contributed by atoms with Gasteiger partial charge in [0, 0.05) is 24.8 Å². The summed E-state index contributed by atoms with van der Waals surface area (Å²) < 4.78 is 37.7. The predicted octanol–water partition coefficient (Wildman–Crippen LogP) is 2.11. The molecule has 8 nitrogen and oxygen atoms in total. The van der Waals surface area contributed by atoms with Crippen LogP contribution in [0, 0.1) is 13.8 Å². The monoisotopic (exact) mass is 405 g/mol. The van der Waals surface area contributed by atoms with Crippen LogP contribution in [0.15, 0.2) is 35.2 Å². The van der Waals surface area contributed by atoms with Gasteiger partial charge >= 0.3 is 5.97 Å². The highest BCUT2D eigenvalue weighted by atomic mass is 32.2. The van der Waals surface area contributed by atoms with Gasteiger partial charge in [-0.15, -0.1) is 0 Å². The molecule has 0 bridgehead atoms. The number of nitrogens with zero attached hydrogens (tertiary/aromatic N) is 3. The number of carbonyl (C=O) groups is 1. The molecule has 1 saturated heterocycles. The number of rotatable bonds is 5. The first kappa shape index (κ1) is 20.2. The number of methoxy groups -OCH3 is 1. The molecule has 2 heterocycles. The van der Waals surface area contributed by atoms with E-state index < -0.39 is 16.0 Å². The van der Waals surface area contributed by atoms with Gasteiger partial charge in [0.25, 0.3) is 0 Å². The normalized spacial score (nSPS) is 16.0. The number of aryl methyl sites for hydroxylation is 2. The Morgan fingerprint density at radius 3 is 2.32 bits per heavy atom. The average molecular weight is 405 g/mol. The van der Waals surface area contributed by atoms with E-state index in [1.807, 2.05) is 6.92 Å². The Bertz CT molecular complexity index is 932. The van der Waals surface area contributed by atoms with Crippen LogP contribution in [-0.2, 0) is 14.8 Å². The van der Waals surface area contributed by atoms with E-state index in [1.54, 1.807) is 13.0 Å². The summed E-state index contributed by atoms with van der Waals surface area (Å²) in [4.78, 5) is 20.1. The quantitative estimate of drug-likeness (QED) is 0.703. The molecule has 1 fully saturated rings. The zero-order valence-electron chi connectivity index (χ0n) is 16.1. The SMILES string of the molecule is COC(=O)c1ccc(S(=O)(=O)N2CCC(Oc3cc(C)nc(C)n3)CC2)cc1. The summed E-state index contributed by atoms with van der Waals surface area (Å²) in [6.45, 7) is 4.40. The van der Waals surface area contributed by atoms with E-state index in [0.29, 0.717) is 43.2 Å². The Balaban J connectivity index is 1.64. The molecule has 0 spiro atoms. The molecule has 9 heteroatoms. The zero-order chi connectivity index (χ0) is 20.3. The van der Waals surface area contributed by atoms with Gasteiger partial charge in [0.15, 0.2) is 0 Å². The summed E-state index contributed by atoms with van der Waals surface area (Å²) in [6.07, 6.45) is 1.05. The van der Waals surface area contributed by atoms with E-state index in [4.69, 9.17) is 4.74 Å². The van der Waals surface area contributed by atoms with Gasteiger partial charge in [-0.1, -0.05) is 0 Å². The summed E-state index contributed by atoms with van der Waals surface area (Å²) in [5, 5.41) is 0. The summed E-state index contributed by atoms with van der Waals surface area (Å²) in [5.41, 5.74) is 1.14. The third-order valence-corrected chi connectivity index (χ3v) is 6.46. The van der Waals surface area contributed by atoms with Crippen LogP contribution in [0.1, 0.15) is 34.7 Å². The topological polar surface area (TPSA) is 98.7 Å². The zero-order valence-corrected chi connectivity index (χ0v) is 16.9. The fourth-order valence-corrected chi connectivity index (χ4v) is 4.60. The van der Waals surface area contributed by atoms with Crippen molar-refractivity contribution in [1.82, 2.24) is 14.3 Å². The second-order valence-electron chi connectivity index (χ2n) is 6.63. The molecule has 0 atom stereocenters. The highest BCUT2D eigenvalue weighted by molar-refractivity contribution is 7.89. The minimum Gasteiger partial charge on any atom is -0.474 e. The molecule has 0 unspecified atom stereocenters. The number of ether oxygens (including phenoxy) is 2. The van der Waals surface area contributed by atoms with Gasteiger partial charge in [0.1, 0.15) is 11.9 Å². The second-order valence-corrected chi connectivity index (χ2v) is 8.57. The number of hydrogen-bond acceptors (Lipinski definition) is 7. The van der Waals surface area contributed by atoms with Gasteiger partial charge in [-0.25, -0.2) is 18.2 Å². The fraction of sp³-hybridized carbons (Fsp3) is 0.421. The number of aromatic nitrogens is 2. The van der Waals surface area contributed by atoms with E-state index >= 15 is 0 Å². The number of piperidine rings is 1. The summed E-state index contributed by atoms with van der Waals surface area (Å²) in [6, 6.07) is 7.54. The Morgan fingerprint density at radius 1 is 1.11 bits per heavy atom. The molecule has 1 aliphatic heterocycles. The van der Waals surface area contributed by atoms with Crippen molar-refractivity contribution < 1.29 is 22.7 Å². The van der Waals surface area contributed by atoms with Crippen molar-refractivity contribution in [3.05, 3.63) is 47.4 Å². The molecule has 2 aromatic rings. The molecular formula is C19H23N3O5S. The van der Waals surface area contributed by atoms with E-state index in [1.165, 1.54) is 35.7 Å².